The molecule has 1 aliphatic rings. The minimum absolute atomic E-state index is 0.172. The van der Waals surface area contributed by atoms with Crippen molar-refractivity contribution in [3.05, 3.63) is 65.1 Å². The maximum atomic E-state index is 12.0. The Morgan fingerprint density at radius 1 is 1.29 bits per heavy atom. The number of aromatic nitrogens is 1. The van der Waals surface area contributed by atoms with Gasteiger partial charge in [0.05, 0.1) is 12.2 Å². The maximum absolute atomic E-state index is 12.0. The normalized spacial score (nSPS) is 16.7. The van der Waals surface area contributed by atoms with Crippen molar-refractivity contribution in [3.63, 3.8) is 0 Å². The molecule has 0 saturated heterocycles. The van der Waals surface area contributed by atoms with E-state index >= 15 is 0 Å². The summed E-state index contributed by atoms with van der Waals surface area (Å²) in [7, 11) is 0. The summed E-state index contributed by atoms with van der Waals surface area (Å²) in [6.07, 6.45) is 3.52. The average Bonchev–Trinajstić information content (AvgIpc) is 2.53. The highest BCUT2D eigenvalue weighted by Crippen LogP contribution is 2.26. The highest BCUT2D eigenvalue weighted by atomic mass is 16.5. The van der Waals surface area contributed by atoms with Gasteiger partial charge in [0.2, 0.25) is 0 Å². The molecule has 0 radical (unpaired) electrons. The van der Waals surface area contributed by atoms with Crippen molar-refractivity contribution in [1.29, 1.82) is 0 Å². The van der Waals surface area contributed by atoms with Gasteiger partial charge in [-0.3, -0.25) is 4.79 Å². The molecule has 1 N–H and O–H groups in total. The van der Waals surface area contributed by atoms with E-state index in [1.165, 1.54) is 30.1 Å². The lowest BCUT2D eigenvalue weighted by molar-refractivity contribution is -0.605. The summed E-state index contributed by atoms with van der Waals surface area (Å²) in [5.41, 5.74) is 1.66. The molecule has 5 heteroatoms. The zero-order valence-corrected chi connectivity index (χ0v) is 11.5. The van der Waals surface area contributed by atoms with Crippen LogP contribution in [0.25, 0.3) is 0 Å². The number of para-hydroxylation sites is 1. The number of carbonyl (C=O) groups excluding carboxylic acids is 1. The lowest BCUT2D eigenvalue weighted by Gasteiger charge is -2.25. The van der Waals surface area contributed by atoms with Gasteiger partial charge < -0.3 is 15.3 Å². The molecule has 0 fully saturated rings. The molecule has 0 bridgehead atoms. The molecule has 0 saturated carbocycles. The first-order valence-electron chi connectivity index (χ1n) is 6.90. The standard InChI is InChI=1S/C16H16N2O3/c19-16(13-5-7-18(20)8-6-13)17-10-12-9-14-3-1-2-4-15(14)21-11-12/h1-8,12H,9-11H2,(H,17,19). The second kappa shape index (κ2) is 5.83. The monoisotopic (exact) mass is 284 g/mol. The van der Waals surface area contributed by atoms with E-state index in [2.05, 4.69) is 5.32 Å². The lowest BCUT2D eigenvalue weighted by Crippen LogP contribution is -2.35. The van der Waals surface area contributed by atoms with Crippen LogP contribution in [0.1, 0.15) is 15.9 Å². The fourth-order valence-corrected chi connectivity index (χ4v) is 2.43. The Balaban J connectivity index is 1.56. The van der Waals surface area contributed by atoms with Crippen molar-refractivity contribution in [2.75, 3.05) is 13.2 Å². The zero-order valence-electron chi connectivity index (χ0n) is 11.5. The van der Waals surface area contributed by atoms with E-state index in [9.17, 15) is 10.0 Å². The van der Waals surface area contributed by atoms with Crippen LogP contribution in [0.3, 0.4) is 0 Å². The molecule has 1 aromatic heterocycles. The summed E-state index contributed by atoms with van der Waals surface area (Å²) in [5, 5.41) is 13.8. The van der Waals surface area contributed by atoms with Gasteiger partial charge in [0.1, 0.15) is 5.75 Å². The Bertz CT molecular complexity index is 640. The largest absolute Gasteiger partial charge is 0.619 e. The third-order valence-electron chi connectivity index (χ3n) is 3.57. The van der Waals surface area contributed by atoms with E-state index in [1.54, 1.807) is 0 Å². The van der Waals surface area contributed by atoms with Crippen molar-refractivity contribution >= 4 is 5.91 Å². The number of nitrogens with zero attached hydrogens (tertiary/aromatic N) is 1. The molecule has 3 rings (SSSR count). The van der Waals surface area contributed by atoms with Gasteiger partial charge in [-0.15, -0.1) is 0 Å². The summed E-state index contributed by atoms with van der Waals surface area (Å²) in [4.78, 5) is 12.0. The molecule has 1 aromatic carbocycles. The van der Waals surface area contributed by atoms with Crippen LogP contribution in [0, 0.1) is 11.1 Å². The van der Waals surface area contributed by atoms with E-state index in [4.69, 9.17) is 4.74 Å². The van der Waals surface area contributed by atoms with Crippen LogP contribution in [0.15, 0.2) is 48.8 Å². The Labute approximate surface area is 122 Å². The predicted octanol–water partition coefficient (Wildman–Crippen LogP) is 1.30. The van der Waals surface area contributed by atoms with Crippen LogP contribution in [-0.4, -0.2) is 19.1 Å². The SMILES string of the molecule is O=C(NCC1COc2ccccc2C1)c1cc[n+]([O-])cc1. The molecule has 5 nitrogen and oxygen atoms in total. The number of hydrogen-bond donors (Lipinski definition) is 1. The maximum Gasteiger partial charge on any atom is 0.251 e. The molecule has 1 unspecified atom stereocenters. The van der Waals surface area contributed by atoms with Gasteiger partial charge in [-0.2, -0.15) is 4.73 Å². The molecule has 108 valence electrons. The molecule has 2 aromatic rings. The van der Waals surface area contributed by atoms with Gasteiger partial charge in [0.15, 0.2) is 12.4 Å². The molecule has 0 aliphatic carbocycles. The Morgan fingerprint density at radius 2 is 2.05 bits per heavy atom. The summed E-state index contributed by atoms with van der Waals surface area (Å²) in [6, 6.07) is 11.0. The number of hydrogen-bond acceptors (Lipinski definition) is 3. The van der Waals surface area contributed by atoms with Crippen molar-refractivity contribution < 1.29 is 14.3 Å². The smallest absolute Gasteiger partial charge is 0.251 e. The first-order chi connectivity index (χ1) is 10.2. The van der Waals surface area contributed by atoms with Crippen molar-refractivity contribution in [3.8, 4) is 5.75 Å². The number of fused-ring (bicyclic) bond motifs is 1. The van der Waals surface area contributed by atoms with Crippen LogP contribution >= 0.6 is 0 Å². The lowest BCUT2D eigenvalue weighted by atomic mass is 9.96. The minimum atomic E-state index is -0.172. The van der Waals surface area contributed by atoms with Crippen molar-refractivity contribution in [2.24, 2.45) is 5.92 Å². The number of amides is 1. The molecular weight excluding hydrogens is 268 g/mol. The molecule has 1 atom stereocenters. The Kier molecular flexibility index (Phi) is 3.73. The van der Waals surface area contributed by atoms with Crippen LogP contribution in [0.2, 0.25) is 0 Å². The van der Waals surface area contributed by atoms with Crippen molar-refractivity contribution in [1.82, 2.24) is 5.32 Å². The van der Waals surface area contributed by atoms with Gasteiger partial charge >= 0.3 is 0 Å². The quantitative estimate of drug-likeness (QED) is 0.682. The van der Waals surface area contributed by atoms with E-state index in [0.717, 1.165) is 12.2 Å². The van der Waals surface area contributed by atoms with Gasteiger partial charge in [0, 0.05) is 24.6 Å². The number of nitrogens with one attached hydrogen (secondary N) is 1. The van der Waals surface area contributed by atoms with Gasteiger partial charge in [-0.1, -0.05) is 18.2 Å². The summed E-state index contributed by atoms with van der Waals surface area (Å²) in [6.45, 7) is 1.16. The Hall–Kier alpha value is -2.56. The van der Waals surface area contributed by atoms with E-state index in [0.29, 0.717) is 23.4 Å². The third-order valence-corrected chi connectivity index (χ3v) is 3.57. The highest BCUT2D eigenvalue weighted by Gasteiger charge is 2.20. The van der Waals surface area contributed by atoms with E-state index < -0.39 is 0 Å². The molecule has 0 spiro atoms. The van der Waals surface area contributed by atoms with Crippen LogP contribution in [0.4, 0.5) is 0 Å². The molecule has 1 aliphatic heterocycles. The highest BCUT2D eigenvalue weighted by molar-refractivity contribution is 5.93. The second-order valence-corrected chi connectivity index (χ2v) is 5.15. The summed E-state index contributed by atoms with van der Waals surface area (Å²) < 4.78 is 6.35. The molecule has 21 heavy (non-hydrogen) atoms. The average molecular weight is 284 g/mol. The second-order valence-electron chi connectivity index (χ2n) is 5.15. The number of pyridine rings is 1. The van der Waals surface area contributed by atoms with E-state index in [-0.39, 0.29) is 11.8 Å². The van der Waals surface area contributed by atoms with Crippen LogP contribution in [0.5, 0.6) is 5.75 Å². The number of ether oxygens (including phenoxy) is 1. The first-order valence-corrected chi connectivity index (χ1v) is 6.90. The zero-order chi connectivity index (χ0) is 14.7. The topological polar surface area (TPSA) is 65.3 Å². The van der Waals surface area contributed by atoms with Gasteiger partial charge in [-0.25, -0.2) is 0 Å². The number of benzene rings is 1. The number of carbonyl (C=O) groups is 1. The van der Waals surface area contributed by atoms with Crippen molar-refractivity contribution in [2.45, 2.75) is 6.42 Å². The van der Waals surface area contributed by atoms with Crippen LogP contribution < -0.4 is 14.8 Å². The fourth-order valence-electron chi connectivity index (χ4n) is 2.43. The Morgan fingerprint density at radius 3 is 2.86 bits per heavy atom. The summed E-state index contributed by atoms with van der Waals surface area (Å²) in [5.74, 6) is 1.02. The van der Waals surface area contributed by atoms with E-state index in [1.807, 2.05) is 24.3 Å². The minimum Gasteiger partial charge on any atom is -0.619 e. The number of rotatable bonds is 3. The van der Waals surface area contributed by atoms with Crippen LogP contribution in [-0.2, 0) is 6.42 Å². The fraction of sp³-hybridized carbons (Fsp3) is 0.250. The predicted molar refractivity (Wildman–Crippen MR) is 76.9 cm³/mol. The van der Waals surface area contributed by atoms with Gasteiger partial charge in [0.25, 0.3) is 5.91 Å². The molecule has 1 amide bonds. The summed E-state index contributed by atoms with van der Waals surface area (Å²) >= 11 is 0. The first kappa shape index (κ1) is 13.4. The molecular formula is C16H16N2O3. The third kappa shape index (κ3) is 3.13. The molecule has 2 heterocycles. The van der Waals surface area contributed by atoms with Gasteiger partial charge in [-0.05, 0) is 18.1 Å².